The normalized spacial score (nSPS) is 9.00. The quantitative estimate of drug-likeness (QED) is 0.621. The lowest BCUT2D eigenvalue weighted by molar-refractivity contribution is -0.114. The van der Waals surface area contributed by atoms with Gasteiger partial charge in [-0.3, -0.25) is 4.79 Å². The Kier molecular flexibility index (Phi) is 8.27. The van der Waals surface area contributed by atoms with E-state index in [-0.39, 0.29) is 30.4 Å². The van der Waals surface area contributed by atoms with Crippen molar-refractivity contribution in [3.8, 4) is 0 Å². The zero-order valence-electron chi connectivity index (χ0n) is 11.8. The first kappa shape index (κ1) is 19.4. The van der Waals surface area contributed by atoms with E-state index in [9.17, 15) is 9.59 Å². The van der Waals surface area contributed by atoms with Crippen LogP contribution in [0.25, 0.3) is 0 Å². The van der Waals surface area contributed by atoms with Crippen molar-refractivity contribution >= 4 is 35.7 Å². The molecule has 1 heterocycles. The van der Waals surface area contributed by atoms with Crippen molar-refractivity contribution in [2.24, 2.45) is 5.73 Å². The van der Waals surface area contributed by atoms with Crippen molar-refractivity contribution in [1.29, 1.82) is 0 Å². The molecule has 1 aromatic carbocycles. The Balaban J connectivity index is 0.000000397. The predicted octanol–water partition coefficient (Wildman–Crippen LogP) is 1.27. The summed E-state index contributed by atoms with van der Waals surface area (Å²) < 4.78 is 4.49. The van der Waals surface area contributed by atoms with Gasteiger partial charge in [0.1, 0.15) is 11.3 Å². The number of rotatable bonds is 3. The highest BCUT2D eigenvalue weighted by atomic mass is 35.5. The van der Waals surface area contributed by atoms with Crippen molar-refractivity contribution < 1.29 is 19.2 Å². The highest BCUT2D eigenvalue weighted by Crippen LogP contribution is 2.09. The molecule has 1 amide bonds. The number of carbonyl (C=O) groups excluding carboxylic acids is 1. The van der Waals surface area contributed by atoms with Crippen LogP contribution in [0.2, 0.25) is 0 Å². The fourth-order valence-electron chi connectivity index (χ4n) is 1.28. The predicted molar refractivity (Wildman–Crippen MR) is 84.0 cm³/mol. The molecular weight excluding hydrogens is 312 g/mol. The van der Waals surface area contributed by atoms with Gasteiger partial charge in [0.2, 0.25) is 5.91 Å². The van der Waals surface area contributed by atoms with Crippen LogP contribution in [0.3, 0.4) is 0 Å². The second-order valence-corrected chi connectivity index (χ2v) is 3.98. The first-order valence-corrected chi connectivity index (χ1v) is 5.94. The molecule has 1 aromatic heterocycles. The van der Waals surface area contributed by atoms with E-state index in [1.807, 2.05) is 0 Å². The largest absolute Gasteiger partial charge is 0.478 e. The average molecular weight is 329 g/mol. The molecule has 0 spiro atoms. The molecule has 0 aliphatic rings. The van der Waals surface area contributed by atoms with Crippen LogP contribution in [0.5, 0.6) is 0 Å². The van der Waals surface area contributed by atoms with Crippen LogP contribution in [0, 0.1) is 6.92 Å². The van der Waals surface area contributed by atoms with Gasteiger partial charge < -0.3 is 26.4 Å². The van der Waals surface area contributed by atoms with Gasteiger partial charge in [0.15, 0.2) is 0 Å². The maximum Gasteiger partial charge on any atom is 0.340 e. The lowest BCUT2D eigenvalue weighted by Crippen LogP contribution is -2.21. The first-order valence-electron chi connectivity index (χ1n) is 5.94. The molecule has 120 valence electrons. The summed E-state index contributed by atoms with van der Waals surface area (Å²) in [6.07, 6.45) is 1.18. The Hall–Kier alpha value is -2.58. The van der Waals surface area contributed by atoms with Crippen molar-refractivity contribution in [2.45, 2.75) is 6.92 Å². The maximum absolute atomic E-state index is 10.8. The highest BCUT2D eigenvalue weighted by molar-refractivity contribution is 5.92. The number of amides is 1. The van der Waals surface area contributed by atoms with Gasteiger partial charge in [-0.2, -0.15) is 0 Å². The third-order valence-electron chi connectivity index (χ3n) is 2.36. The van der Waals surface area contributed by atoms with Gasteiger partial charge in [-0.05, 0) is 31.2 Å². The summed E-state index contributed by atoms with van der Waals surface area (Å²) in [5, 5.41) is 14.2. The summed E-state index contributed by atoms with van der Waals surface area (Å²) in [5.74, 6) is -0.879. The molecule has 8 nitrogen and oxygen atoms in total. The zero-order valence-corrected chi connectivity index (χ0v) is 12.6. The van der Waals surface area contributed by atoms with Gasteiger partial charge in [-0.15, -0.1) is 12.4 Å². The van der Waals surface area contributed by atoms with Crippen molar-refractivity contribution in [3.63, 3.8) is 0 Å². The van der Waals surface area contributed by atoms with Gasteiger partial charge in [0.25, 0.3) is 0 Å². The van der Waals surface area contributed by atoms with Crippen LogP contribution in [0.15, 0.2) is 35.0 Å². The summed E-state index contributed by atoms with van der Waals surface area (Å²) in [5.41, 5.74) is 12.1. The van der Waals surface area contributed by atoms with E-state index in [0.29, 0.717) is 17.1 Å². The number of halogens is 1. The molecule has 9 heteroatoms. The van der Waals surface area contributed by atoms with Gasteiger partial charge >= 0.3 is 5.97 Å². The summed E-state index contributed by atoms with van der Waals surface area (Å²) in [4.78, 5) is 21.0. The summed E-state index contributed by atoms with van der Waals surface area (Å²) >= 11 is 0. The van der Waals surface area contributed by atoms with Gasteiger partial charge in [0, 0.05) is 11.4 Å². The smallest absolute Gasteiger partial charge is 0.340 e. The SMILES string of the molecule is Cc1oncc1C(=O)O.Cl.NCC(=O)Nc1ccc(N)cc1. The average Bonchev–Trinajstić information content (AvgIpc) is 2.88. The third kappa shape index (κ3) is 6.25. The number of hydrogen-bond donors (Lipinski definition) is 4. The molecule has 6 N–H and O–H groups in total. The van der Waals surface area contributed by atoms with Crippen LogP contribution in [0.1, 0.15) is 16.1 Å². The third-order valence-corrected chi connectivity index (χ3v) is 2.36. The molecule has 0 atom stereocenters. The number of nitrogen functional groups attached to an aromatic ring is 1. The highest BCUT2D eigenvalue weighted by Gasteiger charge is 2.09. The number of aromatic nitrogens is 1. The Bertz CT molecular complexity index is 613. The summed E-state index contributed by atoms with van der Waals surface area (Å²) in [6, 6.07) is 6.88. The molecule has 0 saturated heterocycles. The van der Waals surface area contributed by atoms with E-state index in [0.717, 1.165) is 0 Å². The van der Waals surface area contributed by atoms with E-state index >= 15 is 0 Å². The topological polar surface area (TPSA) is 144 Å². The first-order chi connectivity index (χ1) is 9.93. The van der Waals surface area contributed by atoms with Crippen molar-refractivity contribution in [3.05, 3.63) is 41.8 Å². The second-order valence-electron chi connectivity index (χ2n) is 3.98. The number of benzene rings is 1. The van der Waals surface area contributed by atoms with E-state index in [1.54, 1.807) is 31.2 Å². The van der Waals surface area contributed by atoms with E-state index in [4.69, 9.17) is 16.6 Å². The van der Waals surface area contributed by atoms with Crippen LogP contribution < -0.4 is 16.8 Å². The Morgan fingerprint density at radius 1 is 1.32 bits per heavy atom. The van der Waals surface area contributed by atoms with Crippen LogP contribution in [-0.4, -0.2) is 28.7 Å². The molecule has 0 fully saturated rings. The van der Waals surface area contributed by atoms with Crippen molar-refractivity contribution in [1.82, 2.24) is 5.16 Å². The van der Waals surface area contributed by atoms with Crippen LogP contribution in [-0.2, 0) is 4.79 Å². The molecular formula is C13H17ClN4O4. The minimum atomic E-state index is -1.01. The number of aromatic carboxylic acids is 1. The van der Waals surface area contributed by atoms with E-state index in [1.165, 1.54) is 6.20 Å². The van der Waals surface area contributed by atoms with E-state index in [2.05, 4.69) is 15.0 Å². The number of carbonyl (C=O) groups is 2. The van der Waals surface area contributed by atoms with Gasteiger partial charge in [0.05, 0.1) is 12.7 Å². The number of carboxylic acids is 1. The number of carboxylic acid groups (broad SMARTS) is 1. The Morgan fingerprint density at radius 3 is 2.27 bits per heavy atom. The fourth-order valence-corrected chi connectivity index (χ4v) is 1.28. The molecule has 0 unspecified atom stereocenters. The number of nitrogens with two attached hydrogens (primary N) is 2. The monoisotopic (exact) mass is 328 g/mol. The minimum Gasteiger partial charge on any atom is -0.478 e. The number of anilines is 2. The molecule has 22 heavy (non-hydrogen) atoms. The van der Waals surface area contributed by atoms with Crippen LogP contribution in [0.4, 0.5) is 11.4 Å². The molecule has 0 saturated carbocycles. The minimum absolute atomic E-state index is 0. The van der Waals surface area contributed by atoms with Gasteiger partial charge in [-0.25, -0.2) is 4.79 Å². The summed E-state index contributed by atoms with van der Waals surface area (Å²) in [6.45, 7) is 1.54. The maximum atomic E-state index is 10.8. The molecule has 0 bridgehead atoms. The molecule has 2 aromatic rings. The van der Waals surface area contributed by atoms with Crippen LogP contribution >= 0.6 is 12.4 Å². The zero-order chi connectivity index (χ0) is 15.8. The standard InChI is InChI=1S/C8H11N3O.C5H5NO3.ClH/c9-5-8(12)11-7-3-1-6(10)2-4-7;1-3-4(5(7)8)2-6-9-3;/h1-4H,5,9-10H2,(H,11,12);2H,1H3,(H,7,8);1H. The Labute approximate surface area is 132 Å². The van der Waals surface area contributed by atoms with Crippen molar-refractivity contribution in [2.75, 3.05) is 17.6 Å². The number of nitrogens with zero attached hydrogens (tertiary/aromatic N) is 1. The van der Waals surface area contributed by atoms with E-state index < -0.39 is 5.97 Å². The lowest BCUT2D eigenvalue weighted by atomic mass is 10.3. The fraction of sp³-hybridized carbons (Fsp3) is 0.154. The Morgan fingerprint density at radius 2 is 1.91 bits per heavy atom. The van der Waals surface area contributed by atoms with Gasteiger partial charge in [-0.1, -0.05) is 5.16 Å². The molecule has 0 aliphatic carbocycles. The molecule has 2 rings (SSSR count). The lowest BCUT2D eigenvalue weighted by Gasteiger charge is -2.02. The number of aryl methyl sites for hydroxylation is 1. The number of nitrogens with one attached hydrogen (secondary N) is 1. The molecule has 0 radical (unpaired) electrons. The number of hydrogen-bond acceptors (Lipinski definition) is 6. The summed E-state index contributed by atoms with van der Waals surface area (Å²) in [7, 11) is 0. The second kappa shape index (κ2) is 9.37. The molecule has 0 aliphatic heterocycles.